The summed E-state index contributed by atoms with van der Waals surface area (Å²) in [6.07, 6.45) is 19.8. The van der Waals surface area contributed by atoms with Crippen LogP contribution in [0, 0.1) is 11.8 Å². The number of hydrogen-bond donors (Lipinski definition) is 0. The highest BCUT2D eigenvalue weighted by Gasteiger charge is 2.49. The SMILES string of the molecule is ClP1(Cl)=NP(Cl)(N2CCC3(CC2)OCCO3)=NP2(=N1)N(CC1C=CC=C1)CCCN2CC1C=CC=C1. The first kappa shape index (κ1) is 26.5. The third-order valence-electron chi connectivity index (χ3n) is 7.45. The molecule has 0 radical (unpaired) electrons. The topological polar surface area (TPSA) is 65.3 Å². The van der Waals surface area contributed by atoms with E-state index >= 15 is 0 Å². The first-order valence-corrected chi connectivity index (χ1v) is 20.2. The molecule has 0 saturated carbocycles. The largest absolute Gasteiger partial charge is 0.347 e. The molecule has 2 spiro atoms. The van der Waals surface area contributed by atoms with E-state index < -0.39 is 25.9 Å². The summed E-state index contributed by atoms with van der Waals surface area (Å²) in [6, 6.07) is 0. The van der Waals surface area contributed by atoms with Crippen molar-refractivity contribution >= 4 is 53.8 Å². The smallest absolute Gasteiger partial charge is 0.257 e. The van der Waals surface area contributed by atoms with Gasteiger partial charge in [0.2, 0.25) is 14.2 Å². The molecule has 1 unspecified atom stereocenters. The van der Waals surface area contributed by atoms with Gasteiger partial charge < -0.3 is 9.47 Å². The van der Waals surface area contributed by atoms with Crippen LogP contribution in [-0.4, -0.2) is 72.3 Å². The lowest BCUT2D eigenvalue weighted by Crippen LogP contribution is -2.44. The zero-order chi connectivity index (χ0) is 24.9. The Bertz CT molecular complexity index is 1100. The molecule has 0 bridgehead atoms. The van der Waals surface area contributed by atoms with E-state index in [2.05, 4.69) is 62.6 Å². The Hall–Kier alpha value is 0.320. The maximum absolute atomic E-state index is 7.46. The van der Waals surface area contributed by atoms with Crippen LogP contribution < -0.4 is 0 Å². The van der Waals surface area contributed by atoms with Gasteiger partial charge in [-0.2, -0.15) is 13.5 Å². The Balaban J connectivity index is 1.40. The maximum Gasteiger partial charge on any atom is 0.257 e. The van der Waals surface area contributed by atoms with Crippen LogP contribution in [0.5, 0.6) is 0 Å². The standard InChI is InChI=1S/C22H32Cl3N6O2P3/c23-34(24)26-35(25,29-14-10-22(11-15-29)32-16-17-33-22)28-36(27-34)30(18-20-6-1-2-7-20)12-5-13-31(36)19-21-8-3-4-9-21/h1-4,6-9,20-21H,5,10-19H2. The van der Waals surface area contributed by atoms with E-state index in [1.807, 2.05) is 0 Å². The number of halogens is 3. The molecule has 4 aliphatic heterocycles. The van der Waals surface area contributed by atoms with Gasteiger partial charge in [0.15, 0.2) is 5.79 Å². The fourth-order valence-corrected chi connectivity index (χ4v) is 22.1. The quantitative estimate of drug-likeness (QED) is 0.296. The third-order valence-corrected chi connectivity index (χ3v) is 20.6. The molecule has 3 fully saturated rings. The molecule has 2 aliphatic carbocycles. The van der Waals surface area contributed by atoms with Crippen LogP contribution >= 0.6 is 53.8 Å². The van der Waals surface area contributed by atoms with E-state index in [1.54, 1.807) is 0 Å². The highest BCUT2D eigenvalue weighted by Crippen LogP contribution is 2.86. The molecule has 14 heteroatoms. The molecule has 6 aliphatic rings. The van der Waals surface area contributed by atoms with Gasteiger partial charge >= 0.3 is 0 Å². The van der Waals surface area contributed by atoms with Crippen LogP contribution in [0.4, 0.5) is 0 Å². The molecule has 1 atom stereocenters. The lowest BCUT2D eigenvalue weighted by Gasteiger charge is -2.49. The number of piperidine rings is 1. The van der Waals surface area contributed by atoms with Crippen LogP contribution in [0.25, 0.3) is 0 Å². The second-order valence-corrected chi connectivity index (χ2v) is 21.4. The van der Waals surface area contributed by atoms with Crippen molar-refractivity contribution in [3.05, 3.63) is 48.6 Å². The number of nitrogens with zero attached hydrogens (tertiary/aromatic N) is 6. The molecular formula is C22H32Cl3N6O2P3. The molecule has 0 amide bonds. The van der Waals surface area contributed by atoms with Crippen LogP contribution in [-0.2, 0) is 9.47 Å². The summed E-state index contributed by atoms with van der Waals surface area (Å²) in [5.41, 5.74) is 0. The Morgan fingerprint density at radius 3 is 1.81 bits per heavy atom. The molecule has 0 aromatic heterocycles. The second-order valence-electron chi connectivity index (χ2n) is 9.86. The lowest BCUT2D eigenvalue weighted by molar-refractivity contribution is -0.179. The predicted octanol–water partition coefficient (Wildman–Crippen LogP) is 7.89. The van der Waals surface area contributed by atoms with Crippen LogP contribution in [0.15, 0.2) is 62.2 Å². The highest BCUT2D eigenvalue weighted by molar-refractivity contribution is 8.15. The van der Waals surface area contributed by atoms with Gasteiger partial charge in [-0.25, -0.2) is 14.0 Å². The number of ether oxygens (including phenoxy) is 2. The summed E-state index contributed by atoms with van der Waals surface area (Å²) in [4.78, 5) is 0. The van der Waals surface area contributed by atoms with E-state index in [0.29, 0.717) is 38.1 Å². The van der Waals surface area contributed by atoms with Crippen LogP contribution in [0.2, 0.25) is 0 Å². The average Bonchev–Trinajstić information content (AvgIpc) is 3.60. The maximum atomic E-state index is 7.46. The zero-order valence-corrected chi connectivity index (χ0v) is 25.0. The fraction of sp³-hybridized carbons (Fsp3) is 0.636. The Morgan fingerprint density at radius 1 is 0.750 bits per heavy atom. The monoisotopic (exact) mass is 610 g/mol. The number of rotatable bonds is 5. The van der Waals surface area contributed by atoms with Crippen molar-refractivity contribution in [2.75, 3.05) is 52.5 Å². The molecule has 4 heterocycles. The average molecular weight is 612 g/mol. The van der Waals surface area contributed by atoms with Crippen molar-refractivity contribution < 1.29 is 9.47 Å². The fourth-order valence-electron chi connectivity index (χ4n) is 5.67. The van der Waals surface area contributed by atoms with Gasteiger partial charge in [-0.05, 0) is 40.1 Å². The minimum Gasteiger partial charge on any atom is -0.347 e. The van der Waals surface area contributed by atoms with Gasteiger partial charge in [-0.1, -0.05) is 48.6 Å². The molecule has 198 valence electrons. The Kier molecular flexibility index (Phi) is 7.65. The first-order valence-electron chi connectivity index (χ1n) is 12.5. The van der Waals surface area contributed by atoms with Gasteiger partial charge in [-0.3, -0.25) is 0 Å². The van der Waals surface area contributed by atoms with Gasteiger partial charge in [0.25, 0.3) is 5.91 Å². The molecule has 0 aromatic carbocycles. The Morgan fingerprint density at radius 2 is 1.28 bits per heavy atom. The second kappa shape index (κ2) is 10.4. The third kappa shape index (κ3) is 5.23. The van der Waals surface area contributed by atoms with E-state index in [1.165, 1.54) is 0 Å². The minimum absolute atomic E-state index is 0.310. The van der Waals surface area contributed by atoms with Crippen molar-refractivity contribution in [1.82, 2.24) is 14.0 Å². The minimum atomic E-state index is -3.05. The van der Waals surface area contributed by atoms with E-state index in [4.69, 9.17) is 56.7 Å². The molecule has 6 rings (SSSR count). The van der Waals surface area contributed by atoms with Gasteiger partial charge in [0, 0.05) is 63.9 Å². The van der Waals surface area contributed by atoms with E-state index in [-0.39, 0.29) is 0 Å². The first-order chi connectivity index (χ1) is 17.3. The van der Waals surface area contributed by atoms with E-state index in [0.717, 1.165) is 45.4 Å². The van der Waals surface area contributed by atoms with Crippen molar-refractivity contribution in [2.24, 2.45) is 25.4 Å². The summed E-state index contributed by atoms with van der Waals surface area (Å²) in [6.45, 7) is 3.16. The van der Waals surface area contributed by atoms with E-state index in [9.17, 15) is 0 Å². The van der Waals surface area contributed by atoms with Crippen molar-refractivity contribution in [3.8, 4) is 0 Å². The van der Waals surface area contributed by atoms with Crippen LogP contribution in [0.1, 0.15) is 19.3 Å². The molecule has 36 heavy (non-hydrogen) atoms. The van der Waals surface area contributed by atoms with Gasteiger partial charge in [0.05, 0.1) is 13.2 Å². The molecule has 8 nitrogen and oxygen atoms in total. The molecule has 0 N–H and O–H groups in total. The number of allylic oxidation sites excluding steroid dienone is 4. The number of hydrogen-bond acceptors (Lipinski definition) is 8. The summed E-state index contributed by atoms with van der Waals surface area (Å²) in [5.74, 6) is -2.93. The summed E-state index contributed by atoms with van der Waals surface area (Å²) < 4.78 is 34.4. The summed E-state index contributed by atoms with van der Waals surface area (Å²) in [5, 5.41) is 0. The normalized spacial score (nSPS) is 34.0. The zero-order valence-electron chi connectivity index (χ0n) is 20.0. The van der Waals surface area contributed by atoms with Crippen molar-refractivity contribution in [3.63, 3.8) is 0 Å². The van der Waals surface area contributed by atoms with Crippen LogP contribution in [0.3, 0.4) is 0 Å². The highest BCUT2D eigenvalue weighted by atomic mass is 35.9. The molecule has 0 aromatic rings. The lowest BCUT2D eigenvalue weighted by atomic mass is 10.1. The van der Waals surface area contributed by atoms with Crippen molar-refractivity contribution in [2.45, 2.75) is 25.0 Å². The predicted molar refractivity (Wildman–Crippen MR) is 152 cm³/mol. The summed E-state index contributed by atoms with van der Waals surface area (Å²) >= 11 is 21.4. The summed E-state index contributed by atoms with van der Waals surface area (Å²) in [7, 11) is -2.67. The molecular weight excluding hydrogens is 580 g/mol. The van der Waals surface area contributed by atoms with Gasteiger partial charge in [0.1, 0.15) is 0 Å². The Labute approximate surface area is 228 Å². The van der Waals surface area contributed by atoms with Crippen molar-refractivity contribution in [1.29, 1.82) is 0 Å². The van der Waals surface area contributed by atoms with Gasteiger partial charge in [-0.15, -0.1) is 0 Å². The molecule has 3 saturated heterocycles.